The van der Waals surface area contributed by atoms with Crippen molar-refractivity contribution in [3.8, 4) is 0 Å². The van der Waals surface area contributed by atoms with Crippen LogP contribution in [0.5, 0.6) is 0 Å². The summed E-state index contributed by atoms with van der Waals surface area (Å²) in [5.41, 5.74) is -1.66. The van der Waals surface area contributed by atoms with Crippen molar-refractivity contribution >= 4 is 5.97 Å². The van der Waals surface area contributed by atoms with E-state index in [4.69, 9.17) is 4.74 Å². The maximum absolute atomic E-state index is 13.3. The molecular weight excluding hydrogens is 190 g/mol. The molecule has 0 spiro atoms. The van der Waals surface area contributed by atoms with Crippen LogP contribution < -0.4 is 0 Å². The zero-order valence-electron chi connectivity index (χ0n) is 9.19. The Morgan fingerprint density at radius 1 is 1.21 bits per heavy atom. The van der Waals surface area contributed by atoms with E-state index in [1.807, 2.05) is 0 Å². The molecule has 0 aromatic rings. The molecule has 0 aromatic carbocycles. The minimum absolute atomic E-state index is 0.0891. The second-order valence-corrected chi connectivity index (χ2v) is 3.40. The Morgan fingerprint density at radius 3 is 1.86 bits per heavy atom. The van der Waals surface area contributed by atoms with Crippen molar-refractivity contribution in [2.24, 2.45) is 5.41 Å². The number of hydrogen-bond donors (Lipinski definition) is 0. The van der Waals surface area contributed by atoms with Crippen LogP contribution in [0.25, 0.3) is 0 Å². The monoisotopic (exact) mass is 208 g/mol. The fourth-order valence-corrected chi connectivity index (χ4v) is 1.61. The van der Waals surface area contributed by atoms with Gasteiger partial charge in [-0.15, -0.1) is 0 Å². The SMILES string of the molecule is CCOC(=O)C(CC)(CC)C(C)(F)F. The third-order valence-electron chi connectivity index (χ3n) is 2.71. The zero-order valence-corrected chi connectivity index (χ0v) is 9.19. The quantitative estimate of drug-likeness (QED) is 0.649. The lowest BCUT2D eigenvalue weighted by Crippen LogP contribution is -2.46. The highest BCUT2D eigenvalue weighted by Crippen LogP contribution is 2.43. The second-order valence-electron chi connectivity index (χ2n) is 3.40. The molecule has 0 unspecified atom stereocenters. The van der Waals surface area contributed by atoms with E-state index in [1.54, 1.807) is 20.8 Å². The summed E-state index contributed by atoms with van der Waals surface area (Å²) in [4.78, 5) is 11.5. The van der Waals surface area contributed by atoms with Gasteiger partial charge in [-0.05, 0) is 19.8 Å². The molecule has 0 aromatic heterocycles. The van der Waals surface area contributed by atoms with Crippen LogP contribution in [-0.4, -0.2) is 18.5 Å². The van der Waals surface area contributed by atoms with E-state index in [-0.39, 0.29) is 19.4 Å². The molecule has 0 aliphatic rings. The van der Waals surface area contributed by atoms with Crippen molar-refractivity contribution < 1.29 is 18.3 Å². The lowest BCUT2D eigenvalue weighted by molar-refractivity contribution is -0.183. The predicted molar refractivity (Wildman–Crippen MR) is 50.3 cm³/mol. The van der Waals surface area contributed by atoms with Crippen LogP contribution in [0.15, 0.2) is 0 Å². The summed E-state index contributed by atoms with van der Waals surface area (Å²) >= 11 is 0. The number of carbonyl (C=O) groups excluding carboxylic acids is 1. The van der Waals surface area contributed by atoms with E-state index in [2.05, 4.69) is 0 Å². The lowest BCUT2D eigenvalue weighted by atomic mass is 9.77. The van der Waals surface area contributed by atoms with Gasteiger partial charge in [0, 0.05) is 6.92 Å². The molecule has 0 amide bonds. The van der Waals surface area contributed by atoms with Crippen molar-refractivity contribution in [1.29, 1.82) is 0 Å². The molecule has 84 valence electrons. The Hall–Kier alpha value is -0.670. The van der Waals surface area contributed by atoms with E-state index in [0.717, 1.165) is 6.92 Å². The van der Waals surface area contributed by atoms with Gasteiger partial charge < -0.3 is 4.74 Å². The largest absolute Gasteiger partial charge is 0.465 e. The van der Waals surface area contributed by atoms with Crippen LogP contribution >= 0.6 is 0 Å². The van der Waals surface area contributed by atoms with Crippen LogP contribution in [0.1, 0.15) is 40.5 Å². The van der Waals surface area contributed by atoms with Crippen molar-refractivity contribution in [1.82, 2.24) is 0 Å². The van der Waals surface area contributed by atoms with Crippen LogP contribution in [-0.2, 0) is 9.53 Å². The number of alkyl halides is 2. The van der Waals surface area contributed by atoms with Gasteiger partial charge in [0.2, 0.25) is 0 Å². The number of esters is 1. The van der Waals surface area contributed by atoms with Gasteiger partial charge in [-0.1, -0.05) is 13.8 Å². The summed E-state index contributed by atoms with van der Waals surface area (Å²) in [6.45, 7) is 5.69. The third kappa shape index (κ3) is 2.22. The number of halogens is 2. The Bertz CT molecular complexity index is 193. The van der Waals surface area contributed by atoms with Gasteiger partial charge >= 0.3 is 5.97 Å². The first-order valence-corrected chi connectivity index (χ1v) is 4.90. The summed E-state index contributed by atoms with van der Waals surface area (Å²) in [6, 6.07) is 0. The molecule has 0 saturated heterocycles. The molecule has 0 bridgehead atoms. The minimum atomic E-state index is -3.04. The molecule has 0 radical (unpaired) electrons. The zero-order chi connectivity index (χ0) is 11.4. The highest BCUT2D eigenvalue weighted by atomic mass is 19.3. The van der Waals surface area contributed by atoms with Crippen molar-refractivity contribution in [2.45, 2.75) is 46.5 Å². The van der Waals surface area contributed by atoms with E-state index < -0.39 is 17.3 Å². The minimum Gasteiger partial charge on any atom is -0.465 e. The summed E-state index contributed by atoms with van der Waals surface area (Å²) < 4.78 is 31.3. The Labute approximate surface area is 83.6 Å². The van der Waals surface area contributed by atoms with Gasteiger partial charge in [-0.25, -0.2) is 8.78 Å². The fraction of sp³-hybridized carbons (Fsp3) is 0.900. The Balaban J connectivity index is 4.98. The van der Waals surface area contributed by atoms with Crippen LogP contribution in [0.4, 0.5) is 8.78 Å². The molecule has 0 fully saturated rings. The van der Waals surface area contributed by atoms with Gasteiger partial charge in [-0.3, -0.25) is 4.79 Å². The van der Waals surface area contributed by atoms with Gasteiger partial charge in [0.1, 0.15) is 5.41 Å². The molecule has 0 N–H and O–H groups in total. The number of carbonyl (C=O) groups is 1. The van der Waals surface area contributed by atoms with Gasteiger partial charge in [0.15, 0.2) is 0 Å². The maximum atomic E-state index is 13.3. The number of ether oxygens (including phenoxy) is 1. The van der Waals surface area contributed by atoms with E-state index >= 15 is 0 Å². The normalized spacial score (nSPS) is 12.7. The molecule has 2 nitrogen and oxygen atoms in total. The van der Waals surface area contributed by atoms with Crippen molar-refractivity contribution in [2.75, 3.05) is 6.61 Å². The summed E-state index contributed by atoms with van der Waals surface area (Å²) in [5, 5.41) is 0. The van der Waals surface area contributed by atoms with Crippen molar-refractivity contribution in [3.63, 3.8) is 0 Å². The van der Waals surface area contributed by atoms with E-state index in [1.165, 1.54) is 0 Å². The van der Waals surface area contributed by atoms with Gasteiger partial charge in [0.25, 0.3) is 5.92 Å². The molecule has 0 aliphatic carbocycles. The standard InChI is InChI=1S/C10H18F2O2/c1-5-10(6-2,9(4,11)12)8(13)14-7-3/h5-7H2,1-4H3. The topological polar surface area (TPSA) is 26.3 Å². The predicted octanol–water partition coefficient (Wildman–Crippen LogP) is 3.01. The smallest absolute Gasteiger partial charge is 0.318 e. The van der Waals surface area contributed by atoms with Gasteiger partial charge in [0.05, 0.1) is 6.61 Å². The lowest BCUT2D eigenvalue weighted by Gasteiger charge is -2.34. The highest BCUT2D eigenvalue weighted by Gasteiger charge is 2.54. The molecule has 0 atom stereocenters. The second kappa shape index (κ2) is 4.71. The first kappa shape index (κ1) is 13.3. The Kier molecular flexibility index (Phi) is 4.49. The molecule has 0 aliphatic heterocycles. The average molecular weight is 208 g/mol. The summed E-state index contributed by atoms with van der Waals surface area (Å²) in [5.74, 6) is -3.83. The summed E-state index contributed by atoms with van der Waals surface area (Å²) in [6.07, 6.45) is 0.178. The fourth-order valence-electron chi connectivity index (χ4n) is 1.61. The average Bonchev–Trinajstić information content (AvgIpc) is 2.05. The van der Waals surface area contributed by atoms with Crippen LogP contribution in [0.2, 0.25) is 0 Å². The molecule has 0 saturated carbocycles. The number of hydrogen-bond acceptors (Lipinski definition) is 2. The Morgan fingerprint density at radius 2 is 1.64 bits per heavy atom. The number of rotatable bonds is 5. The molecule has 0 heterocycles. The van der Waals surface area contributed by atoms with E-state index in [0.29, 0.717) is 0 Å². The molecule has 0 rings (SSSR count). The van der Waals surface area contributed by atoms with Gasteiger partial charge in [-0.2, -0.15) is 0 Å². The highest BCUT2D eigenvalue weighted by molar-refractivity contribution is 5.78. The van der Waals surface area contributed by atoms with Crippen LogP contribution in [0, 0.1) is 5.41 Å². The molecule has 4 heteroatoms. The van der Waals surface area contributed by atoms with Crippen LogP contribution in [0.3, 0.4) is 0 Å². The first-order chi connectivity index (χ1) is 6.35. The van der Waals surface area contributed by atoms with E-state index in [9.17, 15) is 13.6 Å². The molecular formula is C10H18F2O2. The first-order valence-electron chi connectivity index (χ1n) is 4.90. The maximum Gasteiger partial charge on any atom is 0.318 e. The molecule has 14 heavy (non-hydrogen) atoms. The van der Waals surface area contributed by atoms with Crippen molar-refractivity contribution in [3.05, 3.63) is 0 Å². The third-order valence-corrected chi connectivity index (χ3v) is 2.71. The summed E-state index contributed by atoms with van der Waals surface area (Å²) in [7, 11) is 0.